The Bertz CT molecular complexity index is 906. The maximum Gasteiger partial charge on any atom is 0.264 e. The molecule has 148 valence electrons. The fourth-order valence-corrected chi connectivity index (χ4v) is 4.01. The number of aryl methyl sites for hydroxylation is 1. The molecule has 0 saturated heterocycles. The van der Waals surface area contributed by atoms with E-state index in [1.165, 1.54) is 0 Å². The van der Waals surface area contributed by atoms with Crippen molar-refractivity contribution >= 4 is 11.0 Å². The summed E-state index contributed by atoms with van der Waals surface area (Å²) in [5, 5.41) is 3.20. The molecule has 1 aliphatic rings. The molecule has 0 amide bonds. The van der Waals surface area contributed by atoms with Crippen molar-refractivity contribution in [2.45, 2.75) is 50.1 Å². The van der Waals surface area contributed by atoms with Gasteiger partial charge in [-0.25, -0.2) is 13.8 Å². The highest BCUT2D eigenvalue weighted by molar-refractivity contribution is 5.74. The van der Waals surface area contributed by atoms with Crippen LogP contribution in [0.25, 0.3) is 11.0 Å². The van der Waals surface area contributed by atoms with E-state index >= 15 is 0 Å². The summed E-state index contributed by atoms with van der Waals surface area (Å²) in [5.74, 6) is -2.40. The topological polar surface area (TPSA) is 79.6 Å². The van der Waals surface area contributed by atoms with Crippen molar-refractivity contribution in [1.82, 2.24) is 20.3 Å². The normalized spacial score (nSPS) is 18.2. The number of aromatic nitrogens is 3. The van der Waals surface area contributed by atoms with E-state index in [1.54, 1.807) is 6.20 Å². The van der Waals surface area contributed by atoms with Crippen LogP contribution in [0.15, 0.2) is 42.6 Å². The summed E-state index contributed by atoms with van der Waals surface area (Å²) in [6.07, 6.45) is 4.14. The SMILES string of the molecule is NCCC(F)(F)C(Cc1nc2ccccc2[nH]1)NC1CCCc2cccnc21. The Morgan fingerprint density at radius 2 is 2.11 bits per heavy atom. The third kappa shape index (κ3) is 3.91. The van der Waals surface area contributed by atoms with Gasteiger partial charge in [0, 0.05) is 19.0 Å². The number of benzene rings is 1. The highest BCUT2D eigenvalue weighted by atomic mass is 19.3. The number of alkyl halides is 2. The van der Waals surface area contributed by atoms with Gasteiger partial charge in [-0.2, -0.15) is 0 Å². The van der Waals surface area contributed by atoms with Crippen molar-refractivity contribution in [3.05, 3.63) is 59.7 Å². The second-order valence-electron chi connectivity index (χ2n) is 7.42. The van der Waals surface area contributed by atoms with Gasteiger partial charge < -0.3 is 10.7 Å². The third-order valence-corrected chi connectivity index (χ3v) is 5.42. The largest absolute Gasteiger partial charge is 0.342 e. The number of aromatic amines is 1. The molecule has 0 aliphatic heterocycles. The molecule has 0 saturated carbocycles. The van der Waals surface area contributed by atoms with Crippen molar-refractivity contribution in [2.75, 3.05) is 6.54 Å². The van der Waals surface area contributed by atoms with Crippen LogP contribution in [0.4, 0.5) is 8.78 Å². The lowest BCUT2D eigenvalue weighted by molar-refractivity contribution is -0.0470. The fourth-order valence-electron chi connectivity index (χ4n) is 4.01. The zero-order chi connectivity index (χ0) is 19.6. The molecule has 2 unspecified atom stereocenters. The number of imidazole rings is 1. The van der Waals surface area contributed by atoms with Gasteiger partial charge in [0.05, 0.1) is 28.8 Å². The molecule has 1 aliphatic carbocycles. The number of para-hydroxylation sites is 2. The van der Waals surface area contributed by atoms with Crippen molar-refractivity contribution < 1.29 is 8.78 Å². The van der Waals surface area contributed by atoms with E-state index in [4.69, 9.17) is 5.73 Å². The second-order valence-corrected chi connectivity index (χ2v) is 7.42. The molecule has 0 fully saturated rings. The molecule has 28 heavy (non-hydrogen) atoms. The van der Waals surface area contributed by atoms with Crippen LogP contribution in [0, 0.1) is 0 Å². The number of halogens is 2. The number of nitrogens with zero attached hydrogens (tertiary/aromatic N) is 2. The molecule has 1 aromatic carbocycles. The summed E-state index contributed by atoms with van der Waals surface area (Å²) in [5.41, 5.74) is 9.12. The summed E-state index contributed by atoms with van der Waals surface area (Å²) in [6, 6.07) is 10.2. The van der Waals surface area contributed by atoms with Gasteiger partial charge in [-0.1, -0.05) is 18.2 Å². The van der Waals surface area contributed by atoms with Crippen molar-refractivity contribution in [2.24, 2.45) is 5.73 Å². The first-order valence-electron chi connectivity index (χ1n) is 9.78. The zero-order valence-electron chi connectivity index (χ0n) is 15.7. The molecular weight excluding hydrogens is 360 g/mol. The molecular formula is C21H25F2N5. The Morgan fingerprint density at radius 3 is 2.93 bits per heavy atom. The number of rotatable bonds is 7. The molecule has 2 atom stereocenters. The number of fused-ring (bicyclic) bond motifs is 2. The molecule has 3 aromatic rings. The quantitative estimate of drug-likeness (QED) is 0.581. The van der Waals surface area contributed by atoms with Gasteiger partial charge in [-0.15, -0.1) is 0 Å². The van der Waals surface area contributed by atoms with Crippen LogP contribution in [0.2, 0.25) is 0 Å². The van der Waals surface area contributed by atoms with Crippen molar-refractivity contribution in [1.29, 1.82) is 0 Å². The fraction of sp³-hybridized carbons (Fsp3) is 0.429. The molecule has 5 nitrogen and oxygen atoms in total. The average Bonchev–Trinajstić information content (AvgIpc) is 3.10. The number of H-pyrrole nitrogens is 1. The van der Waals surface area contributed by atoms with E-state index in [1.807, 2.05) is 36.4 Å². The third-order valence-electron chi connectivity index (χ3n) is 5.42. The van der Waals surface area contributed by atoms with Crippen LogP contribution in [0.3, 0.4) is 0 Å². The number of hydrogen-bond acceptors (Lipinski definition) is 4. The summed E-state index contributed by atoms with van der Waals surface area (Å²) in [6.45, 7) is -0.0647. The van der Waals surface area contributed by atoms with Gasteiger partial charge in [-0.3, -0.25) is 10.3 Å². The van der Waals surface area contributed by atoms with Crippen LogP contribution in [-0.4, -0.2) is 33.5 Å². The summed E-state index contributed by atoms with van der Waals surface area (Å²) in [7, 11) is 0. The average molecular weight is 385 g/mol. The maximum absolute atomic E-state index is 15.0. The molecule has 2 heterocycles. The van der Waals surface area contributed by atoms with Crippen molar-refractivity contribution in [3.63, 3.8) is 0 Å². The number of nitrogens with one attached hydrogen (secondary N) is 2. The molecule has 4 N–H and O–H groups in total. The number of nitrogens with two attached hydrogens (primary N) is 1. The molecule has 4 rings (SSSR count). The Labute approximate surface area is 162 Å². The molecule has 0 bridgehead atoms. The lowest BCUT2D eigenvalue weighted by atomic mass is 9.90. The first-order chi connectivity index (χ1) is 13.6. The van der Waals surface area contributed by atoms with E-state index in [-0.39, 0.29) is 25.4 Å². The Hall–Kier alpha value is -2.38. The Kier molecular flexibility index (Phi) is 5.37. The van der Waals surface area contributed by atoms with Crippen LogP contribution in [0.5, 0.6) is 0 Å². The minimum Gasteiger partial charge on any atom is -0.342 e. The zero-order valence-corrected chi connectivity index (χ0v) is 15.7. The molecule has 2 aromatic heterocycles. The van der Waals surface area contributed by atoms with E-state index < -0.39 is 12.0 Å². The smallest absolute Gasteiger partial charge is 0.264 e. The van der Waals surface area contributed by atoms with Gasteiger partial charge in [0.1, 0.15) is 5.82 Å². The second kappa shape index (κ2) is 7.93. The summed E-state index contributed by atoms with van der Waals surface area (Å²) in [4.78, 5) is 12.1. The summed E-state index contributed by atoms with van der Waals surface area (Å²) < 4.78 is 29.9. The van der Waals surface area contributed by atoms with E-state index in [0.29, 0.717) is 5.82 Å². The Morgan fingerprint density at radius 1 is 1.25 bits per heavy atom. The number of pyridine rings is 1. The Balaban J connectivity index is 1.61. The number of hydrogen-bond donors (Lipinski definition) is 3. The molecule has 0 radical (unpaired) electrons. The lowest BCUT2D eigenvalue weighted by Gasteiger charge is -2.33. The van der Waals surface area contributed by atoms with Gasteiger partial charge in [0.15, 0.2) is 0 Å². The monoisotopic (exact) mass is 385 g/mol. The van der Waals surface area contributed by atoms with Gasteiger partial charge in [0.2, 0.25) is 0 Å². The lowest BCUT2D eigenvalue weighted by Crippen LogP contribution is -2.49. The standard InChI is InChI=1S/C21H25F2N5/c22-21(23,10-11-24)18(13-19-27-15-7-1-2-8-16(15)28-19)26-17-9-3-5-14-6-4-12-25-20(14)17/h1-2,4,6-8,12,17-18,26H,3,5,9-11,13,24H2,(H,27,28). The maximum atomic E-state index is 15.0. The first kappa shape index (κ1) is 19.0. The first-order valence-corrected chi connectivity index (χ1v) is 9.78. The van der Waals surface area contributed by atoms with Crippen molar-refractivity contribution in [3.8, 4) is 0 Å². The molecule has 7 heteroatoms. The van der Waals surface area contributed by atoms with E-state index in [2.05, 4.69) is 20.3 Å². The predicted molar refractivity (Wildman–Crippen MR) is 105 cm³/mol. The van der Waals surface area contributed by atoms with Gasteiger partial charge in [0.25, 0.3) is 5.92 Å². The van der Waals surface area contributed by atoms with Crippen LogP contribution in [0.1, 0.15) is 42.4 Å². The molecule has 0 spiro atoms. The highest BCUT2D eigenvalue weighted by Gasteiger charge is 2.41. The van der Waals surface area contributed by atoms with E-state index in [9.17, 15) is 8.78 Å². The van der Waals surface area contributed by atoms with Crippen LogP contribution < -0.4 is 11.1 Å². The minimum atomic E-state index is -2.94. The van der Waals surface area contributed by atoms with Gasteiger partial charge in [-0.05, 0) is 49.6 Å². The van der Waals surface area contributed by atoms with Gasteiger partial charge >= 0.3 is 0 Å². The van der Waals surface area contributed by atoms with Crippen LogP contribution in [-0.2, 0) is 12.8 Å². The minimum absolute atomic E-state index is 0.0647. The highest BCUT2D eigenvalue weighted by Crippen LogP contribution is 2.32. The predicted octanol–water partition coefficient (Wildman–Crippen LogP) is 3.52. The van der Waals surface area contributed by atoms with E-state index in [0.717, 1.165) is 41.6 Å². The van der Waals surface area contributed by atoms with Crippen LogP contribution >= 0.6 is 0 Å². The summed E-state index contributed by atoms with van der Waals surface area (Å²) >= 11 is 0.